The van der Waals surface area contributed by atoms with Crippen LogP contribution in [0.3, 0.4) is 0 Å². The van der Waals surface area contributed by atoms with Crippen LogP contribution in [-0.4, -0.2) is 58.1 Å². The maximum Gasteiger partial charge on any atom is 0.414 e. The maximum atomic E-state index is 12.8. The van der Waals surface area contributed by atoms with Gasteiger partial charge in [0, 0.05) is 12.3 Å². The van der Waals surface area contributed by atoms with E-state index in [0.717, 1.165) is 28.2 Å². The van der Waals surface area contributed by atoms with Crippen molar-refractivity contribution in [2.75, 3.05) is 19.6 Å². The Balaban J connectivity index is 1.20. The normalized spacial score (nSPS) is 18.4. The average molecular weight is 470 g/mol. The largest absolute Gasteiger partial charge is 0.457 e. The number of halogens is 3. The van der Waals surface area contributed by atoms with Gasteiger partial charge in [0.05, 0.1) is 24.1 Å². The number of likely N-dealkylation sites (tertiary alicyclic amines) is 1. The van der Waals surface area contributed by atoms with Gasteiger partial charge >= 0.3 is 6.18 Å². The van der Waals surface area contributed by atoms with E-state index >= 15 is 0 Å². The molecule has 0 bridgehead atoms. The van der Waals surface area contributed by atoms with Crippen LogP contribution in [0.2, 0.25) is 0 Å². The number of ether oxygens (including phenoxy) is 1. The van der Waals surface area contributed by atoms with Crippen molar-refractivity contribution >= 4 is 22.8 Å². The number of aromatic amines is 1. The Labute approximate surface area is 194 Å². The van der Waals surface area contributed by atoms with Crippen LogP contribution >= 0.6 is 0 Å². The number of aromatic nitrogens is 2. The number of piperidine rings is 1. The van der Waals surface area contributed by atoms with Gasteiger partial charge in [0.25, 0.3) is 0 Å². The van der Waals surface area contributed by atoms with Crippen molar-refractivity contribution in [2.24, 2.45) is 10.9 Å². The zero-order valence-corrected chi connectivity index (χ0v) is 18.4. The van der Waals surface area contributed by atoms with Gasteiger partial charge in [0.2, 0.25) is 0 Å². The lowest BCUT2D eigenvalue weighted by Crippen LogP contribution is -2.43. The van der Waals surface area contributed by atoms with Crippen molar-refractivity contribution in [3.8, 4) is 11.5 Å². The van der Waals surface area contributed by atoms with Gasteiger partial charge in [0.1, 0.15) is 17.3 Å². The van der Waals surface area contributed by atoms with Crippen molar-refractivity contribution < 1.29 is 23.0 Å². The molecule has 6 nitrogen and oxygen atoms in total. The van der Waals surface area contributed by atoms with Gasteiger partial charge in [0.15, 0.2) is 6.10 Å². The number of imidazole rings is 1. The van der Waals surface area contributed by atoms with Gasteiger partial charge in [-0.2, -0.15) is 13.2 Å². The molecular weight excluding hydrogens is 445 g/mol. The van der Waals surface area contributed by atoms with Crippen LogP contribution in [-0.2, 0) is 6.54 Å². The highest BCUT2D eigenvalue weighted by atomic mass is 19.4. The van der Waals surface area contributed by atoms with Crippen LogP contribution in [0.1, 0.15) is 24.2 Å². The summed E-state index contributed by atoms with van der Waals surface area (Å²) in [6.07, 6.45) is -2.37. The van der Waals surface area contributed by atoms with E-state index in [9.17, 15) is 18.3 Å². The summed E-state index contributed by atoms with van der Waals surface area (Å²) in [6.45, 7) is 2.19. The van der Waals surface area contributed by atoms with Gasteiger partial charge in [-0.05, 0) is 73.3 Å². The SMILES string of the molecule is OC(C1CCN(Cc2nc3ccc(Oc4ccc(C5=CC=NC5)cc4)cc3[nH]2)CC1)C(F)(F)F. The molecule has 2 aromatic carbocycles. The lowest BCUT2D eigenvalue weighted by atomic mass is 9.91. The number of benzene rings is 2. The first-order valence-corrected chi connectivity index (χ1v) is 11.3. The third kappa shape index (κ3) is 5.00. The van der Waals surface area contributed by atoms with Crippen molar-refractivity contribution in [1.29, 1.82) is 0 Å². The minimum Gasteiger partial charge on any atom is -0.457 e. The second-order valence-corrected chi connectivity index (χ2v) is 8.77. The summed E-state index contributed by atoms with van der Waals surface area (Å²) in [6, 6.07) is 13.5. The Kier molecular flexibility index (Phi) is 6.14. The fraction of sp³-hybridized carbons (Fsp3) is 0.360. The van der Waals surface area contributed by atoms with Crippen molar-refractivity contribution in [2.45, 2.75) is 31.7 Å². The van der Waals surface area contributed by atoms with E-state index in [4.69, 9.17) is 4.74 Å². The quantitative estimate of drug-likeness (QED) is 0.534. The predicted octanol–water partition coefficient (Wildman–Crippen LogP) is 4.96. The highest BCUT2D eigenvalue weighted by Gasteiger charge is 2.44. The first-order valence-electron chi connectivity index (χ1n) is 11.3. The molecule has 1 atom stereocenters. The third-order valence-electron chi connectivity index (χ3n) is 6.39. The number of hydrogen-bond acceptors (Lipinski definition) is 5. The van der Waals surface area contributed by atoms with Crippen LogP contribution in [0.4, 0.5) is 13.2 Å². The Bertz CT molecular complexity index is 1210. The maximum absolute atomic E-state index is 12.8. The smallest absolute Gasteiger partial charge is 0.414 e. The molecule has 178 valence electrons. The van der Waals surface area contributed by atoms with Gasteiger partial charge in [-0.15, -0.1) is 0 Å². The lowest BCUT2D eigenvalue weighted by molar-refractivity contribution is -0.223. The van der Waals surface area contributed by atoms with E-state index < -0.39 is 18.2 Å². The number of H-pyrrole nitrogens is 1. The number of hydrogen-bond donors (Lipinski definition) is 2. The summed E-state index contributed by atoms with van der Waals surface area (Å²) >= 11 is 0. The average Bonchev–Trinajstić information content (AvgIpc) is 3.49. The van der Waals surface area contributed by atoms with E-state index in [1.165, 1.54) is 5.57 Å². The number of alkyl halides is 3. The molecule has 2 aliphatic heterocycles. The number of allylic oxidation sites excluding steroid dienone is 1. The van der Waals surface area contributed by atoms with Crippen LogP contribution in [0.25, 0.3) is 16.6 Å². The standard InChI is InChI=1S/C25H25F3N4O2/c26-25(27,28)24(33)17-8-11-32(12-9-17)15-23-30-21-6-5-20(13-22(21)31-23)34-19-3-1-16(2-4-19)18-7-10-29-14-18/h1-7,10,13,17,24,33H,8-9,11-12,14-15H2,(H,30,31). The topological polar surface area (TPSA) is 73.7 Å². The van der Waals surface area contributed by atoms with E-state index in [-0.39, 0.29) is 0 Å². The van der Waals surface area contributed by atoms with Crippen LogP contribution in [0.15, 0.2) is 53.5 Å². The first kappa shape index (κ1) is 22.6. The molecule has 0 radical (unpaired) electrons. The Morgan fingerprint density at radius 2 is 1.82 bits per heavy atom. The minimum absolute atomic E-state index is 0.308. The molecule has 3 aromatic rings. The molecule has 0 aliphatic carbocycles. The Morgan fingerprint density at radius 1 is 1.09 bits per heavy atom. The summed E-state index contributed by atoms with van der Waals surface area (Å²) in [4.78, 5) is 14.2. The molecule has 34 heavy (non-hydrogen) atoms. The minimum atomic E-state index is -4.56. The second kappa shape index (κ2) is 9.23. The first-order chi connectivity index (χ1) is 16.3. The lowest BCUT2D eigenvalue weighted by Gasteiger charge is -2.34. The summed E-state index contributed by atoms with van der Waals surface area (Å²) in [5.41, 5.74) is 3.93. The van der Waals surface area contributed by atoms with Gasteiger partial charge in [-0.25, -0.2) is 4.98 Å². The second-order valence-electron chi connectivity index (χ2n) is 8.77. The third-order valence-corrected chi connectivity index (χ3v) is 6.39. The molecule has 2 N–H and O–H groups in total. The molecule has 0 saturated carbocycles. The molecule has 0 amide bonds. The van der Waals surface area contributed by atoms with E-state index in [0.29, 0.717) is 44.8 Å². The molecule has 2 aliphatic rings. The molecular formula is C25H25F3N4O2. The zero-order chi connectivity index (χ0) is 23.7. The number of nitrogens with zero attached hydrogens (tertiary/aromatic N) is 3. The fourth-order valence-electron chi connectivity index (χ4n) is 4.49. The fourth-order valence-corrected chi connectivity index (χ4v) is 4.49. The van der Waals surface area contributed by atoms with Crippen LogP contribution in [0, 0.1) is 5.92 Å². The molecule has 1 unspecified atom stereocenters. The molecule has 3 heterocycles. The number of aliphatic hydroxyl groups excluding tert-OH is 1. The van der Waals surface area contributed by atoms with Gasteiger partial charge < -0.3 is 14.8 Å². The van der Waals surface area contributed by atoms with E-state index in [1.54, 1.807) is 0 Å². The van der Waals surface area contributed by atoms with Crippen LogP contribution < -0.4 is 4.74 Å². The highest BCUT2D eigenvalue weighted by molar-refractivity contribution is 5.89. The number of aliphatic imine (C=N–C) groups is 1. The summed E-state index contributed by atoms with van der Waals surface area (Å²) in [7, 11) is 0. The van der Waals surface area contributed by atoms with E-state index in [1.807, 2.05) is 54.8 Å². The summed E-state index contributed by atoms with van der Waals surface area (Å²) < 4.78 is 44.3. The summed E-state index contributed by atoms with van der Waals surface area (Å²) in [5, 5.41) is 9.50. The number of nitrogens with one attached hydrogen (secondary N) is 1. The summed E-state index contributed by atoms with van der Waals surface area (Å²) in [5.74, 6) is 1.41. The molecule has 1 fully saturated rings. The highest BCUT2D eigenvalue weighted by Crippen LogP contribution is 2.32. The number of rotatable bonds is 6. The van der Waals surface area contributed by atoms with Crippen molar-refractivity contribution in [1.82, 2.24) is 14.9 Å². The van der Waals surface area contributed by atoms with Crippen molar-refractivity contribution in [3.63, 3.8) is 0 Å². The molecule has 1 aromatic heterocycles. The molecule has 5 rings (SSSR count). The Morgan fingerprint density at radius 3 is 2.50 bits per heavy atom. The molecule has 0 spiro atoms. The van der Waals surface area contributed by atoms with Crippen molar-refractivity contribution in [3.05, 3.63) is 59.9 Å². The molecule has 9 heteroatoms. The Hall–Kier alpha value is -3.17. The zero-order valence-electron chi connectivity index (χ0n) is 18.4. The molecule has 1 saturated heterocycles. The van der Waals surface area contributed by atoms with E-state index in [2.05, 4.69) is 19.9 Å². The monoisotopic (exact) mass is 470 g/mol. The number of fused-ring (bicyclic) bond motifs is 1. The van der Waals surface area contributed by atoms with Gasteiger partial charge in [-0.3, -0.25) is 9.89 Å². The van der Waals surface area contributed by atoms with Gasteiger partial charge in [-0.1, -0.05) is 12.1 Å². The van der Waals surface area contributed by atoms with Crippen LogP contribution in [0.5, 0.6) is 11.5 Å². The number of aliphatic hydroxyl groups is 1. The predicted molar refractivity (Wildman–Crippen MR) is 124 cm³/mol.